The SMILES string of the molecule is c1cc(N2NCCO2)c2nnsc2c1. The molecule has 0 unspecified atom stereocenters. The van der Waals surface area contributed by atoms with Gasteiger partial charge in [-0.05, 0) is 23.7 Å². The third-order valence-corrected chi connectivity index (χ3v) is 2.74. The van der Waals surface area contributed by atoms with Gasteiger partial charge in [0.05, 0.1) is 11.3 Å². The molecular formula is C8H8N4OS. The number of anilines is 1. The summed E-state index contributed by atoms with van der Waals surface area (Å²) in [5.41, 5.74) is 4.91. The predicted octanol–water partition coefficient (Wildman–Crippen LogP) is 0.947. The highest BCUT2D eigenvalue weighted by Crippen LogP contribution is 2.26. The second-order valence-corrected chi connectivity index (χ2v) is 3.72. The Kier molecular flexibility index (Phi) is 1.83. The summed E-state index contributed by atoms with van der Waals surface area (Å²) >= 11 is 1.39. The summed E-state index contributed by atoms with van der Waals surface area (Å²) in [6.45, 7) is 1.52. The Balaban J connectivity index is 2.14. The first-order valence-corrected chi connectivity index (χ1v) is 5.10. The molecule has 2 aromatic rings. The number of hydrogen-bond donors (Lipinski definition) is 1. The van der Waals surface area contributed by atoms with Crippen molar-refractivity contribution in [3.05, 3.63) is 18.2 Å². The molecular weight excluding hydrogens is 200 g/mol. The summed E-state index contributed by atoms with van der Waals surface area (Å²) in [6.07, 6.45) is 0. The predicted molar refractivity (Wildman–Crippen MR) is 53.8 cm³/mol. The lowest BCUT2D eigenvalue weighted by Gasteiger charge is -2.15. The Morgan fingerprint density at radius 2 is 2.50 bits per heavy atom. The molecule has 1 aromatic heterocycles. The Bertz CT molecular complexity index is 451. The molecule has 1 aliphatic heterocycles. The molecule has 1 N–H and O–H groups in total. The van der Waals surface area contributed by atoms with Gasteiger partial charge in [0.15, 0.2) is 0 Å². The van der Waals surface area contributed by atoms with Gasteiger partial charge in [-0.1, -0.05) is 10.6 Å². The molecule has 14 heavy (non-hydrogen) atoms. The van der Waals surface area contributed by atoms with Crippen molar-refractivity contribution < 1.29 is 4.84 Å². The third kappa shape index (κ3) is 1.16. The summed E-state index contributed by atoms with van der Waals surface area (Å²) in [6, 6.07) is 5.93. The highest BCUT2D eigenvalue weighted by Gasteiger charge is 2.16. The second-order valence-electron chi connectivity index (χ2n) is 2.93. The quantitative estimate of drug-likeness (QED) is 0.756. The van der Waals surface area contributed by atoms with Gasteiger partial charge in [-0.3, -0.25) is 4.84 Å². The van der Waals surface area contributed by atoms with Crippen molar-refractivity contribution >= 4 is 27.4 Å². The van der Waals surface area contributed by atoms with E-state index in [1.807, 2.05) is 18.2 Å². The van der Waals surface area contributed by atoms with Crippen molar-refractivity contribution in [2.45, 2.75) is 0 Å². The molecule has 0 radical (unpaired) electrons. The van der Waals surface area contributed by atoms with Crippen LogP contribution in [0.3, 0.4) is 0 Å². The highest BCUT2D eigenvalue weighted by molar-refractivity contribution is 7.13. The van der Waals surface area contributed by atoms with E-state index in [-0.39, 0.29) is 0 Å². The first-order valence-electron chi connectivity index (χ1n) is 4.33. The first-order chi connectivity index (χ1) is 6.95. The van der Waals surface area contributed by atoms with Gasteiger partial charge in [0, 0.05) is 6.54 Å². The molecule has 3 rings (SSSR count). The topological polar surface area (TPSA) is 50.3 Å². The summed E-state index contributed by atoms with van der Waals surface area (Å²) in [5.74, 6) is 0. The molecule has 0 spiro atoms. The van der Waals surface area contributed by atoms with Crippen molar-refractivity contribution in [3.63, 3.8) is 0 Å². The van der Waals surface area contributed by atoms with E-state index in [0.717, 1.165) is 22.4 Å². The monoisotopic (exact) mass is 208 g/mol. The largest absolute Gasteiger partial charge is 0.256 e. The van der Waals surface area contributed by atoms with Crippen LogP contribution in [-0.2, 0) is 4.84 Å². The number of aromatic nitrogens is 2. The first kappa shape index (κ1) is 8.10. The molecule has 1 aromatic carbocycles. The Labute approximate surface area is 84.4 Å². The molecule has 5 nitrogen and oxygen atoms in total. The summed E-state index contributed by atoms with van der Waals surface area (Å²) in [4.78, 5) is 5.38. The van der Waals surface area contributed by atoms with Crippen LogP contribution in [0.1, 0.15) is 0 Å². The fourth-order valence-corrected chi connectivity index (χ4v) is 2.02. The maximum Gasteiger partial charge on any atom is 0.133 e. The number of nitrogens with zero attached hydrogens (tertiary/aromatic N) is 3. The minimum atomic E-state index is 0.688. The van der Waals surface area contributed by atoms with E-state index in [2.05, 4.69) is 15.0 Å². The standard InChI is InChI=1S/C8H8N4OS/c1-2-6(12-9-4-5-13-12)8-7(3-1)14-11-10-8/h1-3,9H,4-5H2. The van der Waals surface area contributed by atoms with Gasteiger partial charge in [-0.25, -0.2) is 5.43 Å². The molecule has 6 heteroatoms. The molecule has 1 fully saturated rings. The van der Waals surface area contributed by atoms with Crippen molar-refractivity contribution in [2.24, 2.45) is 0 Å². The van der Waals surface area contributed by atoms with Crippen LogP contribution in [0.4, 0.5) is 5.69 Å². The fourth-order valence-electron chi connectivity index (χ4n) is 1.44. The minimum absolute atomic E-state index is 0.688. The normalized spacial score (nSPS) is 16.7. The van der Waals surface area contributed by atoms with Gasteiger partial charge in [0.25, 0.3) is 0 Å². The molecule has 0 atom stereocenters. The van der Waals surface area contributed by atoms with Crippen LogP contribution < -0.4 is 10.6 Å². The minimum Gasteiger partial charge on any atom is -0.256 e. The van der Waals surface area contributed by atoms with Crippen LogP contribution in [0.25, 0.3) is 10.2 Å². The zero-order valence-electron chi connectivity index (χ0n) is 7.30. The molecule has 0 amide bonds. The summed E-state index contributed by atoms with van der Waals surface area (Å²) in [5, 5.41) is 5.73. The molecule has 1 aliphatic rings. The van der Waals surface area contributed by atoms with E-state index in [9.17, 15) is 0 Å². The molecule has 0 bridgehead atoms. The number of hydrogen-bond acceptors (Lipinski definition) is 6. The van der Waals surface area contributed by atoms with E-state index in [1.165, 1.54) is 11.5 Å². The van der Waals surface area contributed by atoms with Crippen LogP contribution >= 0.6 is 11.5 Å². The van der Waals surface area contributed by atoms with Gasteiger partial charge >= 0.3 is 0 Å². The zero-order chi connectivity index (χ0) is 9.38. The van der Waals surface area contributed by atoms with E-state index in [4.69, 9.17) is 4.84 Å². The van der Waals surface area contributed by atoms with Crippen LogP contribution in [0.15, 0.2) is 18.2 Å². The van der Waals surface area contributed by atoms with Gasteiger partial charge in [-0.15, -0.1) is 5.10 Å². The Morgan fingerprint density at radius 1 is 1.50 bits per heavy atom. The maximum absolute atomic E-state index is 5.38. The van der Waals surface area contributed by atoms with E-state index < -0.39 is 0 Å². The molecule has 2 heterocycles. The van der Waals surface area contributed by atoms with E-state index in [1.54, 1.807) is 5.17 Å². The van der Waals surface area contributed by atoms with Crippen molar-refractivity contribution in [3.8, 4) is 0 Å². The lowest BCUT2D eigenvalue weighted by atomic mass is 10.3. The average molecular weight is 208 g/mol. The number of rotatable bonds is 1. The second kappa shape index (κ2) is 3.16. The number of nitrogens with one attached hydrogen (secondary N) is 1. The lowest BCUT2D eigenvalue weighted by Crippen LogP contribution is -2.29. The Morgan fingerprint density at radius 3 is 3.36 bits per heavy atom. The van der Waals surface area contributed by atoms with Crippen LogP contribution in [-0.4, -0.2) is 22.7 Å². The fraction of sp³-hybridized carbons (Fsp3) is 0.250. The molecule has 0 saturated carbocycles. The summed E-state index contributed by atoms with van der Waals surface area (Å²) in [7, 11) is 0. The number of benzene rings is 1. The van der Waals surface area contributed by atoms with Crippen LogP contribution in [0.5, 0.6) is 0 Å². The molecule has 72 valence electrons. The maximum atomic E-state index is 5.38. The lowest BCUT2D eigenvalue weighted by molar-refractivity contribution is 0.159. The van der Waals surface area contributed by atoms with Gasteiger partial charge in [0.2, 0.25) is 0 Å². The molecule has 1 saturated heterocycles. The number of hydrazine groups is 1. The van der Waals surface area contributed by atoms with Crippen LogP contribution in [0.2, 0.25) is 0 Å². The van der Waals surface area contributed by atoms with Crippen molar-refractivity contribution in [2.75, 3.05) is 18.3 Å². The molecule has 0 aliphatic carbocycles. The van der Waals surface area contributed by atoms with Crippen molar-refractivity contribution in [1.82, 2.24) is 15.0 Å². The van der Waals surface area contributed by atoms with Crippen molar-refractivity contribution in [1.29, 1.82) is 0 Å². The Hall–Kier alpha value is -1.24. The summed E-state index contributed by atoms with van der Waals surface area (Å²) < 4.78 is 4.98. The third-order valence-electron chi connectivity index (χ3n) is 2.05. The van der Waals surface area contributed by atoms with E-state index in [0.29, 0.717) is 6.61 Å². The van der Waals surface area contributed by atoms with Gasteiger partial charge in [-0.2, -0.15) is 5.17 Å². The smallest absolute Gasteiger partial charge is 0.133 e. The van der Waals surface area contributed by atoms with Crippen LogP contribution in [0, 0.1) is 0 Å². The van der Waals surface area contributed by atoms with Gasteiger partial charge in [0.1, 0.15) is 11.2 Å². The zero-order valence-corrected chi connectivity index (χ0v) is 8.12. The highest BCUT2D eigenvalue weighted by atomic mass is 32.1. The van der Waals surface area contributed by atoms with E-state index >= 15 is 0 Å². The van der Waals surface area contributed by atoms with Gasteiger partial charge < -0.3 is 0 Å². The average Bonchev–Trinajstić information content (AvgIpc) is 2.88. The number of fused-ring (bicyclic) bond motifs is 1.